The van der Waals surface area contributed by atoms with E-state index in [1.54, 1.807) is 37.2 Å². The monoisotopic (exact) mass is 932 g/mol. The fourth-order valence-corrected chi connectivity index (χ4v) is 5.87. The topological polar surface area (TPSA) is 300 Å². The summed E-state index contributed by atoms with van der Waals surface area (Å²) in [6, 6.07) is 39.7. The third-order valence-corrected chi connectivity index (χ3v) is 8.17. The van der Waals surface area contributed by atoms with Gasteiger partial charge in [-0.05, 0) is 72.8 Å². The summed E-state index contributed by atoms with van der Waals surface area (Å²) in [4.78, 5) is 31.0. The van der Waals surface area contributed by atoms with Gasteiger partial charge in [0.2, 0.25) is 0 Å². The molecule has 19 heteroatoms. The van der Waals surface area contributed by atoms with Crippen molar-refractivity contribution in [2.24, 2.45) is 4.99 Å². The number of nitrogen functional groups attached to an aromatic ring is 1. The third-order valence-electron chi connectivity index (χ3n) is 8.17. The van der Waals surface area contributed by atoms with Crippen LogP contribution >= 0.6 is 0 Å². The van der Waals surface area contributed by atoms with Crippen LogP contribution in [0.1, 0.15) is 11.1 Å². The molecule has 1 aliphatic rings. The number of aromatic nitrogens is 6. The van der Waals surface area contributed by atoms with Gasteiger partial charge in [0.05, 0.1) is 44.9 Å². The minimum Gasteiger partial charge on any atom is -0.399 e. The van der Waals surface area contributed by atoms with Gasteiger partial charge >= 0.3 is 19.5 Å². The van der Waals surface area contributed by atoms with Crippen molar-refractivity contribution in [3.05, 3.63) is 170 Å². The number of pyridine rings is 6. The second-order valence-electron chi connectivity index (χ2n) is 12.0. The molecule has 6 heterocycles. The minimum absolute atomic E-state index is 0. The molecule has 3 aromatic carbocycles. The Bertz CT molecular complexity index is 2590. The molecular formula is C41H28Cl2N8O8Ru. The van der Waals surface area contributed by atoms with E-state index in [4.69, 9.17) is 48.0 Å². The molecule has 0 amide bonds. The number of nitrogens with two attached hydrogens (primary N) is 1. The maximum absolute atomic E-state index is 8.49. The zero-order chi connectivity index (χ0) is 42.0. The summed E-state index contributed by atoms with van der Waals surface area (Å²) in [5.41, 5.74) is 16.0. The molecule has 0 spiro atoms. The number of anilines is 1. The molecule has 0 bridgehead atoms. The van der Waals surface area contributed by atoms with E-state index in [1.807, 2.05) is 72.8 Å². The van der Waals surface area contributed by atoms with Crippen molar-refractivity contribution < 1.29 is 77.2 Å². The molecule has 60 heavy (non-hydrogen) atoms. The second kappa shape index (κ2) is 20.3. The molecule has 0 fully saturated rings. The Labute approximate surface area is 357 Å². The van der Waals surface area contributed by atoms with Crippen LogP contribution in [0.15, 0.2) is 164 Å². The molecule has 0 atom stereocenters. The Morgan fingerprint density at radius 1 is 0.383 bits per heavy atom. The average molecular weight is 933 g/mol. The predicted octanol–water partition coefficient (Wildman–Crippen LogP) is -0.740. The van der Waals surface area contributed by atoms with E-state index >= 15 is 0 Å². The first-order chi connectivity index (χ1) is 28.2. The third kappa shape index (κ3) is 12.5. The van der Waals surface area contributed by atoms with Gasteiger partial charge in [0.1, 0.15) is 0 Å². The number of hydrogen-bond acceptors (Lipinski definition) is 16. The average Bonchev–Trinajstić information content (AvgIpc) is 3.54. The van der Waals surface area contributed by atoms with Gasteiger partial charge in [0.15, 0.2) is 0 Å². The van der Waals surface area contributed by atoms with Crippen LogP contribution in [-0.4, -0.2) is 35.6 Å². The van der Waals surface area contributed by atoms with Crippen LogP contribution in [0.5, 0.6) is 0 Å². The van der Waals surface area contributed by atoms with Gasteiger partial charge in [0.25, 0.3) is 0 Å². The number of halogens is 2. The molecule has 6 aromatic heterocycles. The first-order valence-electron chi connectivity index (χ1n) is 17.0. The summed E-state index contributed by atoms with van der Waals surface area (Å²) in [6.07, 6.45) is 10.8. The number of rotatable bonds is 1. The number of fused-ring (bicyclic) bond motifs is 9. The molecule has 10 rings (SSSR count). The van der Waals surface area contributed by atoms with Crippen molar-refractivity contribution >= 4 is 60.7 Å². The van der Waals surface area contributed by atoms with Crippen molar-refractivity contribution in [1.29, 1.82) is 0 Å². The van der Waals surface area contributed by atoms with Gasteiger partial charge in [-0.3, -0.25) is 29.9 Å². The molecule has 0 radical (unpaired) electrons. The van der Waals surface area contributed by atoms with Gasteiger partial charge in [-0.25, -0.2) is 42.3 Å². The van der Waals surface area contributed by atoms with Gasteiger partial charge < -0.3 is 5.73 Å². The Morgan fingerprint density at radius 2 is 0.667 bits per heavy atom. The zero-order valence-corrected chi connectivity index (χ0v) is 33.8. The maximum Gasteiger partial charge on any atom is 2.00 e. The van der Waals surface area contributed by atoms with Crippen molar-refractivity contribution in [1.82, 2.24) is 29.9 Å². The number of nitrogens with zero attached hydrogens (tertiary/aromatic N) is 7. The van der Waals surface area contributed by atoms with Crippen LogP contribution in [0.3, 0.4) is 0 Å². The molecule has 0 saturated heterocycles. The summed E-state index contributed by atoms with van der Waals surface area (Å²) in [5.74, 6) is 0. The largest absolute Gasteiger partial charge is 2.00 e. The summed E-state index contributed by atoms with van der Waals surface area (Å²) in [5, 5.41) is 4.55. The van der Waals surface area contributed by atoms with E-state index in [0.717, 1.165) is 83.2 Å². The zero-order valence-electron chi connectivity index (χ0n) is 30.6. The SMILES string of the molecule is Nc1ccc(N=C2c3cccnc3-c3ncccc32)cc1.[O-][Cl+3]([O-])([O-])[O-].[O-][Cl+3]([O-])([O-])[O-].[Ru+2].c1cnc2c(c1)ccc1cccnc12.c1cnc2c(c1)ccc1cccnc12. The van der Waals surface area contributed by atoms with Crippen molar-refractivity contribution in [2.75, 3.05) is 5.73 Å². The summed E-state index contributed by atoms with van der Waals surface area (Å²) in [6.45, 7) is 0. The van der Waals surface area contributed by atoms with Crippen LogP contribution in [0.25, 0.3) is 55.0 Å². The van der Waals surface area contributed by atoms with Crippen LogP contribution in [0.4, 0.5) is 11.4 Å². The molecular weight excluding hydrogens is 904 g/mol. The fraction of sp³-hybridized carbons (Fsp3) is 0. The van der Waals surface area contributed by atoms with Gasteiger partial charge in [-0.1, -0.05) is 48.5 Å². The molecule has 1 aliphatic carbocycles. The maximum atomic E-state index is 8.49. The van der Waals surface area contributed by atoms with E-state index < -0.39 is 20.5 Å². The van der Waals surface area contributed by atoms with Crippen LogP contribution < -0.4 is 43.0 Å². The Balaban J connectivity index is 0.000000155. The molecule has 9 aromatic rings. The quantitative estimate of drug-likeness (QED) is 0.120. The second-order valence-corrected chi connectivity index (χ2v) is 13.6. The first kappa shape index (κ1) is 45.0. The summed E-state index contributed by atoms with van der Waals surface area (Å²) in [7, 11) is -9.89. The van der Waals surface area contributed by atoms with E-state index in [-0.39, 0.29) is 19.5 Å². The number of benzene rings is 3. The van der Waals surface area contributed by atoms with Crippen molar-refractivity contribution in [3.8, 4) is 11.4 Å². The molecule has 2 N–H and O–H groups in total. The van der Waals surface area contributed by atoms with E-state index in [1.165, 1.54) is 0 Å². The summed E-state index contributed by atoms with van der Waals surface area (Å²) >= 11 is 0. The van der Waals surface area contributed by atoms with Crippen LogP contribution in [0, 0.1) is 20.5 Å². The number of aliphatic imine (C=N–C) groups is 1. The van der Waals surface area contributed by atoms with E-state index in [9.17, 15) is 0 Å². The molecule has 0 unspecified atom stereocenters. The molecule has 0 aliphatic heterocycles. The smallest absolute Gasteiger partial charge is 0.399 e. The van der Waals surface area contributed by atoms with Crippen molar-refractivity contribution in [2.45, 2.75) is 0 Å². The van der Waals surface area contributed by atoms with E-state index in [0.29, 0.717) is 0 Å². The van der Waals surface area contributed by atoms with Gasteiger partial charge in [-0.2, -0.15) is 0 Å². The molecule has 302 valence electrons. The predicted molar refractivity (Wildman–Crippen MR) is 198 cm³/mol. The molecule has 0 saturated carbocycles. The van der Waals surface area contributed by atoms with Crippen LogP contribution in [0.2, 0.25) is 0 Å². The molecule has 16 nitrogen and oxygen atoms in total. The van der Waals surface area contributed by atoms with E-state index in [2.05, 4.69) is 78.4 Å². The van der Waals surface area contributed by atoms with Gasteiger partial charge in [0, 0.05) is 75.5 Å². The van der Waals surface area contributed by atoms with Gasteiger partial charge in [-0.15, -0.1) is 20.5 Å². The van der Waals surface area contributed by atoms with Crippen molar-refractivity contribution in [3.63, 3.8) is 0 Å². The normalized spacial score (nSPS) is 11.2. The minimum atomic E-state index is -4.94. The standard InChI is InChI=1S/C17H12N4.2C12H8N2.2ClHO4.Ru/c18-11-5-7-12(8-6-11)21-15-13-3-1-9-19-16(13)17-14(15)4-2-10-20-17;2*1-3-9-5-6-10-4-2-8-14-12(10)11(9)13-7-1;2*2-1(3,4)5;/h1-10H,18H2;2*1-8H;2*(H,2,3,4,5);/q;;;;;+2/p-2. The van der Waals surface area contributed by atoms with Crippen LogP contribution in [-0.2, 0) is 19.5 Å². The Morgan fingerprint density at radius 3 is 0.983 bits per heavy atom. The number of hydrogen-bond donors (Lipinski definition) is 1. The summed E-state index contributed by atoms with van der Waals surface area (Å²) < 4.78 is 67.9. The Kier molecular flexibility index (Phi) is 15.2. The Hall–Kier alpha value is -6.05. The fourth-order valence-electron chi connectivity index (χ4n) is 5.87. The first-order valence-corrected chi connectivity index (χ1v) is 19.5.